The molecule has 1 unspecified atom stereocenters. The van der Waals surface area contributed by atoms with Crippen LogP contribution in [0.5, 0.6) is 11.5 Å². The summed E-state index contributed by atoms with van der Waals surface area (Å²) >= 11 is 0. The number of unbranched alkanes of at least 4 members (excludes halogenated alkanes) is 3. The molecular formula is C48H69N4O10P. The van der Waals surface area contributed by atoms with E-state index in [1.165, 1.54) is 6.92 Å². The van der Waals surface area contributed by atoms with Crippen molar-refractivity contribution in [2.24, 2.45) is 0 Å². The first-order chi connectivity index (χ1) is 30.1. The van der Waals surface area contributed by atoms with E-state index in [1.54, 1.807) is 18.9 Å². The van der Waals surface area contributed by atoms with Crippen LogP contribution in [-0.4, -0.2) is 112 Å². The topological polar surface area (TPSA) is 161 Å². The smallest absolute Gasteiger partial charge is 0.497 e. The molecule has 1 N–H and O–H groups in total. The van der Waals surface area contributed by atoms with Gasteiger partial charge in [-0.1, -0.05) is 54.6 Å². The van der Waals surface area contributed by atoms with Crippen LogP contribution < -0.4 is 19.7 Å². The number of nitrogens with one attached hydrogen (secondary N) is 1. The van der Waals surface area contributed by atoms with E-state index in [1.807, 2.05) is 113 Å². The van der Waals surface area contributed by atoms with E-state index >= 15 is 0 Å². The van der Waals surface area contributed by atoms with Crippen LogP contribution in [0.2, 0.25) is 0 Å². The number of carbonyl (C=O) groups is 2. The van der Waals surface area contributed by atoms with Gasteiger partial charge >= 0.3 is 176 Å². The Bertz CT molecular complexity index is 1890. The normalized spacial score (nSPS) is 20.9. The number of rotatable bonds is 23. The number of hydrogen-bond acceptors (Lipinski definition) is 12. The van der Waals surface area contributed by atoms with Gasteiger partial charge in [0.05, 0.1) is 28.3 Å². The summed E-state index contributed by atoms with van der Waals surface area (Å²) in [5.74, 6) is 0.998. The summed E-state index contributed by atoms with van der Waals surface area (Å²) < 4.78 is 45.0. The molecule has 5 atom stereocenters. The number of esters is 1. The van der Waals surface area contributed by atoms with Gasteiger partial charge in [0.2, 0.25) is 0 Å². The van der Waals surface area contributed by atoms with Crippen molar-refractivity contribution in [2.45, 2.75) is 128 Å². The fraction of sp³-hybridized carbons (Fsp3) is 0.562. The van der Waals surface area contributed by atoms with Crippen LogP contribution in [0.15, 0.2) is 78.9 Å². The molecule has 2 saturated heterocycles. The van der Waals surface area contributed by atoms with Crippen molar-refractivity contribution in [2.75, 3.05) is 48.1 Å². The monoisotopic (exact) mass is 892 g/mol. The third-order valence-corrected chi connectivity index (χ3v) is 15.2. The van der Waals surface area contributed by atoms with Gasteiger partial charge in [0.1, 0.15) is 29.2 Å². The predicted octanol–water partition coefficient (Wildman–Crippen LogP) is 7.42. The summed E-state index contributed by atoms with van der Waals surface area (Å²) in [6.07, 6.45) is 1.94. The van der Waals surface area contributed by atoms with E-state index in [-0.39, 0.29) is 43.8 Å². The van der Waals surface area contributed by atoms with Crippen LogP contribution in [0, 0.1) is 11.3 Å². The van der Waals surface area contributed by atoms with Gasteiger partial charge in [-0.15, -0.1) is 0 Å². The number of alkyl carbamates (subject to hydrolysis) is 1. The van der Waals surface area contributed by atoms with Crippen LogP contribution in [-0.2, 0) is 33.7 Å². The molecule has 0 aromatic heterocycles. The number of hydrogen-bond donors (Lipinski definition) is 1. The van der Waals surface area contributed by atoms with E-state index in [2.05, 4.69) is 19.4 Å². The standard InChI is InChI=1S/C48H69N4O10P/c1-34(2)51(35(3)4)63(55,59-31-17-28-49)58-30-16-11-10-15-29-50-47(54)61-42-32-43-45(60-36(5)53)46(44(33-42)52(43,6)7)62-48(37-18-13-12-14-19-37,38-20-24-40(56-8)25-21-38)39-22-26-41(57-9)27-23-39/h12-14,18-27,34-35,42-46,63H,10-11,15-17,29-33H2,1-9H3,(H,50,54)/t42?,43-,44+,45-,46+/m0/s1. The van der Waals surface area contributed by atoms with Crippen LogP contribution >= 0.6 is 8.09 Å². The minimum atomic E-state index is -3.93. The number of piperidine rings is 1. The fourth-order valence-electron chi connectivity index (χ4n) is 9.51. The van der Waals surface area contributed by atoms with Gasteiger partial charge in [0.15, 0.2) is 12.2 Å². The number of carbonyl (C=O) groups excluding carboxylic acids is 2. The first kappa shape index (κ1) is 49.7. The van der Waals surface area contributed by atoms with Crippen molar-refractivity contribution < 1.29 is 51.7 Å². The van der Waals surface area contributed by atoms with Crippen LogP contribution in [0.25, 0.3) is 0 Å². The minimum absolute atomic E-state index is 0.0499. The fourth-order valence-corrected chi connectivity index (χ4v) is 11.9. The Hall–Kier alpha value is -4.32. The molecule has 15 heteroatoms. The average molecular weight is 893 g/mol. The summed E-state index contributed by atoms with van der Waals surface area (Å²) in [6.45, 7) is 9.95. The number of amides is 1. The molecule has 2 aliphatic heterocycles. The van der Waals surface area contributed by atoms with E-state index in [9.17, 15) is 14.5 Å². The van der Waals surface area contributed by atoms with Gasteiger partial charge in [-0.2, -0.15) is 0 Å². The molecule has 63 heavy (non-hydrogen) atoms. The van der Waals surface area contributed by atoms with Gasteiger partial charge < -0.3 is 23.4 Å². The molecule has 0 radical (unpaired) electrons. The maximum absolute atomic E-state index is 13.8. The Morgan fingerprint density at radius 2 is 1.32 bits per heavy atom. The van der Waals surface area contributed by atoms with Gasteiger partial charge in [-0.05, 0) is 41.0 Å². The molecule has 2 heterocycles. The number of fused-ring (bicyclic) bond motifs is 2. The van der Waals surface area contributed by atoms with Gasteiger partial charge in [-0.3, -0.25) is 4.79 Å². The molecule has 3 aromatic rings. The summed E-state index contributed by atoms with van der Waals surface area (Å²) in [5, 5.41) is 11.9. The van der Waals surface area contributed by atoms with E-state index in [4.69, 9.17) is 38.0 Å². The summed E-state index contributed by atoms with van der Waals surface area (Å²) in [4.78, 5) is 40.0. The summed E-state index contributed by atoms with van der Waals surface area (Å²) in [7, 11) is 3.60. The Labute approximate surface area is 374 Å². The second-order valence-corrected chi connectivity index (χ2v) is 19.6. The molecule has 0 aliphatic carbocycles. The number of ether oxygens (including phenoxy) is 5. The van der Waals surface area contributed by atoms with E-state index in [0.29, 0.717) is 41.8 Å². The van der Waals surface area contributed by atoms with Crippen molar-refractivity contribution in [3.05, 3.63) is 95.6 Å². The zero-order chi connectivity index (χ0) is 45.8. The third-order valence-electron chi connectivity index (χ3n) is 12.4. The summed E-state index contributed by atoms with van der Waals surface area (Å²) in [5.41, 5.74) is 1.45. The first-order valence-corrected chi connectivity index (χ1v) is 23.9. The summed E-state index contributed by atoms with van der Waals surface area (Å²) in [6, 6.07) is 27.2. The molecule has 1 amide bonds. The van der Waals surface area contributed by atoms with Gasteiger partial charge in [-0.25, -0.2) is 0 Å². The van der Waals surface area contributed by atoms with Crippen LogP contribution in [0.1, 0.15) is 96.3 Å². The molecule has 2 aliphatic rings. The van der Waals surface area contributed by atoms with Crippen molar-refractivity contribution in [3.8, 4) is 17.6 Å². The predicted molar refractivity (Wildman–Crippen MR) is 241 cm³/mol. The second-order valence-electron chi connectivity index (χ2n) is 17.5. The Balaban J connectivity index is 1.27. The van der Waals surface area contributed by atoms with Crippen molar-refractivity contribution in [1.29, 1.82) is 5.26 Å². The zero-order valence-corrected chi connectivity index (χ0v) is 39.5. The molecule has 14 nitrogen and oxygen atoms in total. The second kappa shape index (κ2) is 22.5. The zero-order valence-electron chi connectivity index (χ0n) is 38.5. The number of quaternary nitrogens is 1. The maximum atomic E-state index is 13.8. The molecular weight excluding hydrogens is 824 g/mol. The third kappa shape index (κ3) is 11.9. The Morgan fingerprint density at radius 1 is 0.794 bits per heavy atom. The van der Waals surface area contributed by atoms with Crippen LogP contribution in [0.3, 0.4) is 0 Å². The quantitative estimate of drug-likeness (QED) is 0.0330. The molecule has 0 saturated carbocycles. The SMILES string of the molecule is COc1ccc(C(O[C@H]2[C@@H](OC(C)=O)[C@@H]3CC(OC(=O)NCCCCCCO[PH]([O-])(OCCC#N)N(C(C)C)C(C)C)C[C@H]2[N+]3(C)C)(c2ccccc2)c2ccc(OC)cc2)cc1. The van der Waals surface area contributed by atoms with Crippen molar-refractivity contribution in [3.63, 3.8) is 0 Å². The molecule has 3 aromatic carbocycles. The number of likely N-dealkylation sites (N-methyl/N-ethyl adjacent to an activating group) is 1. The van der Waals surface area contributed by atoms with E-state index in [0.717, 1.165) is 36.0 Å². The molecule has 0 spiro atoms. The van der Waals surface area contributed by atoms with Crippen molar-refractivity contribution in [1.82, 2.24) is 9.99 Å². The van der Waals surface area contributed by atoms with Crippen LogP contribution in [0.4, 0.5) is 4.79 Å². The molecule has 346 valence electrons. The minimum Gasteiger partial charge on any atom is -0.497 e. The molecule has 2 fully saturated rings. The number of methoxy groups -OCH3 is 2. The number of benzene rings is 3. The van der Waals surface area contributed by atoms with E-state index < -0.39 is 44.1 Å². The van der Waals surface area contributed by atoms with Crippen molar-refractivity contribution >= 4 is 20.2 Å². The molecule has 2 bridgehead atoms. The van der Waals surface area contributed by atoms with Gasteiger partial charge in [0, 0.05) is 6.92 Å². The van der Waals surface area contributed by atoms with Gasteiger partial charge in [0.25, 0.3) is 0 Å². The first-order valence-electron chi connectivity index (χ1n) is 22.2. The Kier molecular flexibility index (Phi) is 17.8. The Morgan fingerprint density at radius 3 is 1.84 bits per heavy atom. The molecule has 5 rings (SSSR count). The number of nitriles is 1. The average Bonchev–Trinajstić information content (AvgIpc) is 3.33. The number of nitrogens with zero attached hydrogens (tertiary/aromatic N) is 3.